The van der Waals surface area contributed by atoms with E-state index in [-0.39, 0.29) is 18.0 Å². The van der Waals surface area contributed by atoms with Crippen LogP contribution in [0.2, 0.25) is 0 Å². The number of imidazole rings is 1. The topological polar surface area (TPSA) is 81.8 Å². The van der Waals surface area contributed by atoms with E-state index < -0.39 is 0 Å². The number of hydrogen-bond donors (Lipinski definition) is 1. The average molecular weight is 283 g/mol. The van der Waals surface area contributed by atoms with Gasteiger partial charge in [-0.15, -0.1) is 0 Å². The van der Waals surface area contributed by atoms with Gasteiger partial charge in [-0.25, -0.2) is 9.67 Å². The molecule has 1 N–H and O–H groups in total. The minimum atomic E-state index is -0.353. The van der Waals surface area contributed by atoms with Crippen molar-refractivity contribution in [3.8, 4) is 0 Å². The van der Waals surface area contributed by atoms with Gasteiger partial charge in [0.15, 0.2) is 0 Å². The SMILES string of the molecule is Cn1ccnc1NC(=O)Cn1ncc2ccccc2c1=O. The highest BCUT2D eigenvalue weighted by atomic mass is 16.2. The molecule has 0 unspecified atom stereocenters. The molecule has 0 fully saturated rings. The van der Waals surface area contributed by atoms with E-state index in [1.54, 1.807) is 42.3 Å². The van der Waals surface area contributed by atoms with Crippen molar-refractivity contribution in [2.75, 3.05) is 5.32 Å². The zero-order valence-electron chi connectivity index (χ0n) is 11.4. The van der Waals surface area contributed by atoms with Crippen molar-refractivity contribution in [2.45, 2.75) is 6.54 Å². The molecule has 0 radical (unpaired) electrons. The Kier molecular flexibility index (Phi) is 3.23. The van der Waals surface area contributed by atoms with Crippen molar-refractivity contribution in [1.82, 2.24) is 19.3 Å². The second kappa shape index (κ2) is 5.20. The maximum absolute atomic E-state index is 12.2. The highest BCUT2D eigenvalue weighted by molar-refractivity contribution is 5.89. The van der Waals surface area contributed by atoms with E-state index in [0.29, 0.717) is 11.3 Å². The Morgan fingerprint density at radius 1 is 1.33 bits per heavy atom. The number of aryl methyl sites for hydroxylation is 1. The van der Waals surface area contributed by atoms with Crippen LogP contribution in [0, 0.1) is 0 Å². The number of nitrogens with zero attached hydrogens (tertiary/aromatic N) is 4. The fourth-order valence-corrected chi connectivity index (χ4v) is 2.03. The molecule has 7 nitrogen and oxygen atoms in total. The molecule has 0 spiro atoms. The highest BCUT2D eigenvalue weighted by Gasteiger charge is 2.10. The first-order chi connectivity index (χ1) is 10.1. The number of anilines is 1. The molecular formula is C14H13N5O2. The van der Waals surface area contributed by atoms with Gasteiger partial charge in [0, 0.05) is 24.8 Å². The van der Waals surface area contributed by atoms with Crippen LogP contribution >= 0.6 is 0 Å². The lowest BCUT2D eigenvalue weighted by Crippen LogP contribution is -2.30. The Bertz CT molecular complexity index is 865. The van der Waals surface area contributed by atoms with E-state index in [1.165, 1.54) is 0 Å². The van der Waals surface area contributed by atoms with Crippen molar-refractivity contribution < 1.29 is 4.79 Å². The van der Waals surface area contributed by atoms with Gasteiger partial charge < -0.3 is 4.57 Å². The molecule has 1 amide bonds. The predicted molar refractivity (Wildman–Crippen MR) is 77.8 cm³/mol. The Balaban J connectivity index is 1.85. The first-order valence-corrected chi connectivity index (χ1v) is 6.37. The Labute approximate surface area is 119 Å². The molecule has 7 heteroatoms. The first kappa shape index (κ1) is 13.0. The lowest BCUT2D eigenvalue weighted by atomic mass is 10.2. The summed E-state index contributed by atoms with van der Waals surface area (Å²) in [5.74, 6) is 0.0722. The van der Waals surface area contributed by atoms with Crippen LogP contribution in [0.3, 0.4) is 0 Å². The van der Waals surface area contributed by atoms with Gasteiger partial charge in [0.25, 0.3) is 5.56 Å². The van der Waals surface area contributed by atoms with Crippen molar-refractivity contribution in [3.05, 3.63) is 53.2 Å². The molecule has 0 saturated carbocycles. The van der Waals surface area contributed by atoms with Crippen LogP contribution in [0.25, 0.3) is 10.8 Å². The van der Waals surface area contributed by atoms with Crippen LogP contribution in [0.1, 0.15) is 0 Å². The van der Waals surface area contributed by atoms with Crippen LogP contribution in [-0.2, 0) is 18.4 Å². The van der Waals surface area contributed by atoms with Crippen LogP contribution in [0.15, 0.2) is 47.7 Å². The molecular weight excluding hydrogens is 270 g/mol. The molecule has 2 heterocycles. The largest absolute Gasteiger partial charge is 0.320 e. The lowest BCUT2D eigenvalue weighted by molar-refractivity contribution is -0.117. The molecule has 0 aliphatic carbocycles. The number of rotatable bonds is 3. The third-order valence-corrected chi connectivity index (χ3v) is 3.13. The molecule has 1 aromatic carbocycles. The van der Waals surface area contributed by atoms with Gasteiger partial charge in [-0.05, 0) is 6.07 Å². The molecule has 21 heavy (non-hydrogen) atoms. The molecule has 2 aromatic heterocycles. The van der Waals surface area contributed by atoms with Gasteiger partial charge in [-0.1, -0.05) is 18.2 Å². The van der Waals surface area contributed by atoms with E-state index in [1.807, 2.05) is 12.1 Å². The maximum Gasteiger partial charge on any atom is 0.275 e. The van der Waals surface area contributed by atoms with Gasteiger partial charge >= 0.3 is 0 Å². The van der Waals surface area contributed by atoms with Crippen LogP contribution < -0.4 is 10.9 Å². The third kappa shape index (κ3) is 2.53. The van der Waals surface area contributed by atoms with Crippen LogP contribution in [0.5, 0.6) is 0 Å². The molecule has 3 aromatic rings. The second-order valence-corrected chi connectivity index (χ2v) is 4.60. The van der Waals surface area contributed by atoms with Gasteiger partial charge in [0.2, 0.25) is 11.9 Å². The molecule has 0 bridgehead atoms. The smallest absolute Gasteiger partial charge is 0.275 e. The Morgan fingerprint density at radius 3 is 2.90 bits per heavy atom. The van der Waals surface area contributed by atoms with Crippen molar-refractivity contribution >= 4 is 22.6 Å². The van der Waals surface area contributed by atoms with Crippen molar-refractivity contribution in [1.29, 1.82) is 0 Å². The first-order valence-electron chi connectivity index (χ1n) is 6.37. The minimum Gasteiger partial charge on any atom is -0.320 e. The van der Waals surface area contributed by atoms with Crippen LogP contribution in [-0.4, -0.2) is 25.2 Å². The van der Waals surface area contributed by atoms with E-state index in [0.717, 1.165) is 10.1 Å². The minimum absolute atomic E-state index is 0.156. The van der Waals surface area contributed by atoms with Gasteiger partial charge in [-0.2, -0.15) is 5.10 Å². The molecule has 0 aliphatic heterocycles. The number of nitrogens with one attached hydrogen (secondary N) is 1. The average Bonchev–Trinajstić information content (AvgIpc) is 2.87. The standard InChI is InChI=1S/C14H13N5O2/c1-18-7-6-15-14(18)17-12(20)9-19-13(21)11-5-3-2-4-10(11)8-16-19/h2-8H,9H2,1H3,(H,15,17,20). The molecule has 106 valence electrons. The number of benzene rings is 1. The summed E-state index contributed by atoms with van der Waals surface area (Å²) in [5, 5.41) is 7.93. The quantitative estimate of drug-likeness (QED) is 0.769. The van der Waals surface area contributed by atoms with Gasteiger partial charge in [-0.3, -0.25) is 14.9 Å². The van der Waals surface area contributed by atoms with E-state index in [2.05, 4.69) is 15.4 Å². The summed E-state index contributed by atoms with van der Waals surface area (Å²) < 4.78 is 2.81. The fourth-order valence-electron chi connectivity index (χ4n) is 2.03. The molecule has 3 rings (SSSR count). The third-order valence-electron chi connectivity index (χ3n) is 3.13. The second-order valence-electron chi connectivity index (χ2n) is 4.60. The van der Waals surface area contributed by atoms with Crippen LogP contribution in [0.4, 0.5) is 5.95 Å². The number of aromatic nitrogens is 4. The summed E-state index contributed by atoms with van der Waals surface area (Å²) >= 11 is 0. The van der Waals surface area contributed by atoms with E-state index in [4.69, 9.17) is 0 Å². The Morgan fingerprint density at radius 2 is 2.14 bits per heavy atom. The monoisotopic (exact) mass is 283 g/mol. The van der Waals surface area contributed by atoms with Crippen molar-refractivity contribution in [3.63, 3.8) is 0 Å². The summed E-state index contributed by atoms with van der Waals surface area (Å²) in [4.78, 5) is 28.2. The normalized spacial score (nSPS) is 10.7. The zero-order chi connectivity index (χ0) is 14.8. The van der Waals surface area contributed by atoms with Gasteiger partial charge in [0.05, 0.1) is 11.6 Å². The Hall–Kier alpha value is -2.96. The molecule has 0 aliphatic rings. The fraction of sp³-hybridized carbons (Fsp3) is 0.143. The zero-order valence-corrected chi connectivity index (χ0v) is 11.4. The summed E-state index contributed by atoms with van der Waals surface area (Å²) in [7, 11) is 1.77. The number of carbonyl (C=O) groups is 1. The maximum atomic E-state index is 12.2. The summed E-state index contributed by atoms with van der Waals surface area (Å²) in [5.41, 5.74) is -0.289. The van der Waals surface area contributed by atoms with E-state index >= 15 is 0 Å². The number of hydrogen-bond acceptors (Lipinski definition) is 4. The highest BCUT2D eigenvalue weighted by Crippen LogP contribution is 2.06. The van der Waals surface area contributed by atoms with Crippen molar-refractivity contribution in [2.24, 2.45) is 7.05 Å². The lowest BCUT2D eigenvalue weighted by Gasteiger charge is -2.07. The summed E-state index contributed by atoms with van der Waals surface area (Å²) in [6.07, 6.45) is 4.87. The number of amides is 1. The summed E-state index contributed by atoms with van der Waals surface area (Å²) in [6, 6.07) is 7.14. The molecule has 0 atom stereocenters. The summed E-state index contributed by atoms with van der Waals surface area (Å²) in [6.45, 7) is -0.156. The van der Waals surface area contributed by atoms with Gasteiger partial charge in [0.1, 0.15) is 6.54 Å². The predicted octanol–water partition coefficient (Wildman–Crippen LogP) is 0.769. The van der Waals surface area contributed by atoms with E-state index in [9.17, 15) is 9.59 Å². The number of fused-ring (bicyclic) bond motifs is 1. The molecule has 0 saturated heterocycles. The number of carbonyl (C=O) groups excluding carboxylic acids is 1.